The summed E-state index contributed by atoms with van der Waals surface area (Å²) in [6.07, 6.45) is 5.72. The predicted octanol–water partition coefficient (Wildman–Crippen LogP) is 0.962. The summed E-state index contributed by atoms with van der Waals surface area (Å²) in [5.74, 6) is -0.988. The van der Waals surface area contributed by atoms with E-state index in [1.807, 2.05) is 0 Å². The van der Waals surface area contributed by atoms with Crippen LogP contribution in [-0.2, 0) is 9.59 Å². The summed E-state index contributed by atoms with van der Waals surface area (Å²) in [5, 5.41) is 0. The number of Topliss-reactive ketones (excluding diaryl/α,β-unsaturated/α-hetero) is 1. The van der Waals surface area contributed by atoms with Crippen molar-refractivity contribution >= 4 is 11.6 Å². The van der Waals surface area contributed by atoms with Gasteiger partial charge < -0.3 is 0 Å². The van der Waals surface area contributed by atoms with Crippen LogP contribution in [0.3, 0.4) is 0 Å². The Balaban J connectivity index is 3.05. The zero-order chi connectivity index (χ0) is 8.27. The second-order valence-corrected chi connectivity index (χ2v) is 2.02. The lowest BCUT2D eigenvalue weighted by atomic mass is 10.0. The van der Waals surface area contributed by atoms with Crippen LogP contribution >= 0.6 is 0 Å². The fourth-order valence-electron chi connectivity index (χ4n) is 0.756. The molecule has 0 aromatic carbocycles. The molecule has 0 heterocycles. The zero-order valence-electron chi connectivity index (χ0n) is 5.83. The van der Waals surface area contributed by atoms with Crippen LogP contribution in [0, 0.1) is 0 Å². The monoisotopic (exact) mass is 146 g/mol. The van der Waals surface area contributed by atoms with Gasteiger partial charge in [0.1, 0.15) is 0 Å². The molecule has 2 heteroatoms. The van der Waals surface area contributed by atoms with Crippen LogP contribution in [0.15, 0.2) is 42.2 Å². The first kappa shape index (κ1) is 7.45. The highest BCUT2D eigenvalue weighted by Gasteiger charge is 2.15. The number of rotatable bonds is 1. The molecule has 0 saturated carbocycles. The van der Waals surface area contributed by atoms with Gasteiger partial charge in [0.15, 0.2) is 0 Å². The zero-order valence-corrected chi connectivity index (χ0v) is 5.83. The van der Waals surface area contributed by atoms with Crippen LogP contribution in [0.25, 0.3) is 0 Å². The van der Waals surface area contributed by atoms with E-state index in [4.69, 9.17) is 0 Å². The number of carbonyl (C=O) groups is 2. The quantitative estimate of drug-likeness (QED) is 0.313. The predicted molar refractivity (Wildman–Crippen MR) is 40.9 cm³/mol. The Kier molecular flexibility index (Phi) is 2.00. The molecular weight excluding hydrogens is 140 g/mol. The summed E-state index contributed by atoms with van der Waals surface area (Å²) in [6.45, 7) is 3.31. The Morgan fingerprint density at radius 1 is 1.45 bits per heavy atom. The van der Waals surface area contributed by atoms with Gasteiger partial charge in [-0.2, -0.15) is 0 Å². The van der Waals surface area contributed by atoms with E-state index in [2.05, 4.69) is 12.3 Å². The van der Waals surface area contributed by atoms with Gasteiger partial charge in [0, 0.05) is 5.57 Å². The maximum atomic E-state index is 10.9. The van der Waals surface area contributed by atoms with Crippen LogP contribution in [0.2, 0.25) is 0 Å². The Hall–Kier alpha value is -1.66. The third-order valence-electron chi connectivity index (χ3n) is 1.27. The molecule has 0 fully saturated rings. The van der Waals surface area contributed by atoms with Gasteiger partial charge in [-0.15, -0.1) is 5.73 Å². The molecule has 0 aromatic heterocycles. The average molecular weight is 146 g/mol. The lowest BCUT2D eigenvalue weighted by Crippen LogP contribution is -2.14. The molecule has 54 valence electrons. The third-order valence-corrected chi connectivity index (χ3v) is 1.27. The highest BCUT2D eigenvalue weighted by molar-refractivity contribution is 6.48. The molecule has 0 saturated heterocycles. The van der Waals surface area contributed by atoms with E-state index in [0.29, 0.717) is 5.57 Å². The van der Waals surface area contributed by atoms with Gasteiger partial charge in [0.05, 0.1) is 0 Å². The van der Waals surface area contributed by atoms with Crippen molar-refractivity contribution in [1.29, 1.82) is 0 Å². The SMILES string of the molecule is C=C=CC1=CC=CC(=O)C1=O. The summed E-state index contributed by atoms with van der Waals surface area (Å²) in [4.78, 5) is 21.7. The molecule has 1 aliphatic carbocycles. The number of carbonyl (C=O) groups excluding carboxylic acids is 2. The molecular formula is C9H6O2. The van der Waals surface area contributed by atoms with Crippen LogP contribution in [0.4, 0.5) is 0 Å². The molecule has 0 aliphatic heterocycles. The van der Waals surface area contributed by atoms with E-state index in [0.717, 1.165) is 0 Å². The molecule has 0 bridgehead atoms. The highest BCUT2D eigenvalue weighted by Crippen LogP contribution is 2.05. The van der Waals surface area contributed by atoms with E-state index in [1.165, 1.54) is 18.2 Å². The minimum Gasteiger partial charge on any atom is -0.286 e. The van der Waals surface area contributed by atoms with Gasteiger partial charge in [-0.05, 0) is 12.2 Å². The molecule has 0 amide bonds. The smallest absolute Gasteiger partial charge is 0.233 e. The van der Waals surface area contributed by atoms with Crippen molar-refractivity contribution in [2.45, 2.75) is 0 Å². The first-order chi connectivity index (χ1) is 5.25. The minimum absolute atomic E-state index is 0.340. The first-order valence-corrected chi connectivity index (χ1v) is 3.08. The van der Waals surface area contributed by atoms with Crippen LogP contribution in [0.1, 0.15) is 0 Å². The fourth-order valence-corrected chi connectivity index (χ4v) is 0.756. The molecule has 1 aliphatic rings. The van der Waals surface area contributed by atoms with Gasteiger partial charge >= 0.3 is 0 Å². The number of hydrogen-bond acceptors (Lipinski definition) is 2. The molecule has 1 rings (SSSR count). The van der Waals surface area contributed by atoms with Gasteiger partial charge in [-0.1, -0.05) is 18.7 Å². The minimum atomic E-state index is -0.497. The number of allylic oxidation sites excluding steroid dienone is 5. The Bertz CT molecular complexity index is 312. The number of hydrogen-bond donors (Lipinski definition) is 0. The van der Waals surface area contributed by atoms with Crippen molar-refractivity contribution < 1.29 is 9.59 Å². The lowest BCUT2D eigenvalue weighted by molar-refractivity contribution is -0.131. The standard InChI is InChI=1S/C9H6O2/c1-2-4-7-5-3-6-8(10)9(7)11/h3-6H,1H2. The second kappa shape index (κ2) is 2.95. The molecule has 11 heavy (non-hydrogen) atoms. The van der Waals surface area contributed by atoms with Gasteiger partial charge in [-0.3, -0.25) is 9.59 Å². The Labute approximate surface area is 64.2 Å². The highest BCUT2D eigenvalue weighted by atomic mass is 16.2. The van der Waals surface area contributed by atoms with Crippen molar-refractivity contribution in [1.82, 2.24) is 0 Å². The van der Waals surface area contributed by atoms with Crippen LogP contribution in [-0.4, -0.2) is 11.6 Å². The van der Waals surface area contributed by atoms with Gasteiger partial charge in [0.2, 0.25) is 11.6 Å². The summed E-state index contributed by atoms with van der Waals surface area (Å²) in [6, 6.07) is 0. The Morgan fingerprint density at radius 3 is 2.82 bits per heavy atom. The first-order valence-electron chi connectivity index (χ1n) is 3.08. The summed E-state index contributed by atoms with van der Waals surface area (Å²) in [5.41, 5.74) is 2.78. The normalized spacial score (nSPS) is 15.8. The van der Waals surface area contributed by atoms with E-state index >= 15 is 0 Å². The summed E-state index contributed by atoms with van der Waals surface area (Å²) >= 11 is 0. The van der Waals surface area contributed by atoms with Crippen molar-refractivity contribution in [3.63, 3.8) is 0 Å². The van der Waals surface area contributed by atoms with E-state index in [9.17, 15) is 9.59 Å². The molecule has 0 radical (unpaired) electrons. The van der Waals surface area contributed by atoms with E-state index in [-0.39, 0.29) is 0 Å². The molecule has 0 N–H and O–H groups in total. The summed E-state index contributed by atoms with van der Waals surface area (Å²) in [7, 11) is 0. The molecule has 0 unspecified atom stereocenters. The Morgan fingerprint density at radius 2 is 2.18 bits per heavy atom. The van der Waals surface area contributed by atoms with Crippen molar-refractivity contribution in [3.8, 4) is 0 Å². The fraction of sp³-hybridized carbons (Fsp3) is 0. The number of ketones is 2. The third kappa shape index (κ3) is 1.42. The molecule has 2 nitrogen and oxygen atoms in total. The maximum Gasteiger partial charge on any atom is 0.233 e. The molecule has 0 atom stereocenters. The van der Waals surface area contributed by atoms with Crippen LogP contribution < -0.4 is 0 Å². The van der Waals surface area contributed by atoms with Gasteiger partial charge in [0.25, 0.3) is 0 Å². The van der Waals surface area contributed by atoms with E-state index < -0.39 is 11.6 Å². The largest absolute Gasteiger partial charge is 0.286 e. The topological polar surface area (TPSA) is 34.1 Å². The van der Waals surface area contributed by atoms with Gasteiger partial charge in [-0.25, -0.2) is 0 Å². The summed E-state index contributed by atoms with van der Waals surface area (Å²) < 4.78 is 0. The molecule has 0 spiro atoms. The molecule has 0 aromatic rings. The van der Waals surface area contributed by atoms with Crippen molar-refractivity contribution in [3.05, 3.63) is 42.2 Å². The second-order valence-electron chi connectivity index (χ2n) is 2.02. The van der Waals surface area contributed by atoms with Crippen LogP contribution in [0.5, 0.6) is 0 Å². The maximum absolute atomic E-state index is 10.9. The van der Waals surface area contributed by atoms with E-state index in [1.54, 1.807) is 6.08 Å². The average Bonchev–Trinajstić information content (AvgIpc) is 1.99. The van der Waals surface area contributed by atoms with Crippen molar-refractivity contribution in [2.24, 2.45) is 0 Å². The lowest BCUT2D eigenvalue weighted by Gasteiger charge is -1.98. The van der Waals surface area contributed by atoms with Crippen molar-refractivity contribution in [2.75, 3.05) is 0 Å².